The molecule has 0 saturated carbocycles. The maximum atomic E-state index is 14.2. The zero-order valence-corrected chi connectivity index (χ0v) is 20.2. The number of halogens is 3. The van der Waals surface area contributed by atoms with Crippen molar-refractivity contribution in [2.75, 3.05) is 5.32 Å². The predicted octanol–water partition coefficient (Wildman–Crippen LogP) is 6.53. The Labute approximate surface area is 203 Å². The monoisotopic (exact) mass is 531 g/mol. The molecule has 0 atom stereocenters. The quantitative estimate of drug-likeness (QED) is 0.294. The van der Waals surface area contributed by atoms with E-state index in [0.29, 0.717) is 39.2 Å². The standard InChI is InChI=1S/C24H20BrClFN3O3/c1-14-23(15(2)30(29-14)12-19-20(26)4-3-5-21(19)27)28-24(31)22-11-10-18(33-22)13-32-17-8-6-16(25)7-9-17/h3-11H,12-13H2,1-2H3,(H,28,31). The lowest BCUT2D eigenvalue weighted by Crippen LogP contribution is -2.13. The van der Waals surface area contributed by atoms with E-state index in [4.69, 9.17) is 20.8 Å². The summed E-state index contributed by atoms with van der Waals surface area (Å²) in [4.78, 5) is 12.8. The van der Waals surface area contributed by atoms with Gasteiger partial charge in [0.1, 0.15) is 23.9 Å². The summed E-state index contributed by atoms with van der Waals surface area (Å²) < 4.78 is 28.1. The lowest BCUT2D eigenvalue weighted by Gasteiger charge is -2.09. The van der Waals surface area contributed by atoms with Gasteiger partial charge in [-0.05, 0) is 62.4 Å². The Kier molecular flexibility index (Phi) is 6.85. The number of nitrogens with zero attached hydrogens (tertiary/aromatic N) is 2. The maximum Gasteiger partial charge on any atom is 0.291 e. The van der Waals surface area contributed by atoms with Crippen LogP contribution in [0.5, 0.6) is 5.75 Å². The number of aryl methyl sites for hydroxylation is 1. The summed E-state index contributed by atoms with van der Waals surface area (Å²) >= 11 is 9.52. The Balaban J connectivity index is 1.44. The van der Waals surface area contributed by atoms with Crippen LogP contribution in [0.25, 0.3) is 0 Å². The van der Waals surface area contributed by atoms with Crippen LogP contribution < -0.4 is 10.1 Å². The summed E-state index contributed by atoms with van der Waals surface area (Å²) in [6.45, 7) is 3.90. The van der Waals surface area contributed by atoms with Gasteiger partial charge >= 0.3 is 0 Å². The van der Waals surface area contributed by atoms with Gasteiger partial charge < -0.3 is 14.5 Å². The Morgan fingerprint density at radius 1 is 1.18 bits per heavy atom. The number of carbonyl (C=O) groups excluding carboxylic acids is 1. The zero-order chi connectivity index (χ0) is 23.5. The van der Waals surface area contributed by atoms with Crippen LogP contribution >= 0.6 is 27.5 Å². The largest absolute Gasteiger partial charge is 0.486 e. The molecule has 0 fully saturated rings. The highest BCUT2D eigenvalue weighted by atomic mass is 79.9. The smallest absolute Gasteiger partial charge is 0.291 e. The fourth-order valence-electron chi connectivity index (χ4n) is 3.30. The summed E-state index contributed by atoms with van der Waals surface area (Å²) in [5.74, 6) is 0.525. The number of hydrogen-bond acceptors (Lipinski definition) is 4. The number of carbonyl (C=O) groups is 1. The van der Waals surface area contributed by atoms with Gasteiger partial charge in [-0.25, -0.2) is 4.39 Å². The fraction of sp³-hybridized carbons (Fsp3) is 0.167. The normalized spacial score (nSPS) is 10.9. The second kappa shape index (κ2) is 9.80. The first kappa shape index (κ1) is 23.1. The van der Waals surface area contributed by atoms with Gasteiger partial charge in [0.15, 0.2) is 5.76 Å². The van der Waals surface area contributed by atoms with E-state index in [2.05, 4.69) is 26.3 Å². The molecule has 1 N–H and O–H groups in total. The van der Waals surface area contributed by atoms with Crippen LogP contribution in [0.3, 0.4) is 0 Å². The van der Waals surface area contributed by atoms with Crippen molar-refractivity contribution in [3.63, 3.8) is 0 Å². The van der Waals surface area contributed by atoms with Crippen molar-refractivity contribution in [1.29, 1.82) is 0 Å². The van der Waals surface area contributed by atoms with Gasteiger partial charge in [-0.3, -0.25) is 9.48 Å². The highest BCUT2D eigenvalue weighted by molar-refractivity contribution is 9.10. The molecule has 4 rings (SSSR count). The van der Waals surface area contributed by atoms with Gasteiger partial charge in [0.05, 0.1) is 23.6 Å². The Morgan fingerprint density at radius 2 is 1.94 bits per heavy atom. The fourth-order valence-corrected chi connectivity index (χ4v) is 3.79. The average molecular weight is 533 g/mol. The highest BCUT2D eigenvalue weighted by Crippen LogP contribution is 2.25. The molecule has 2 heterocycles. The second-order valence-electron chi connectivity index (χ2n) is 7.37. The molecule has 0 radical (unpaired) electrons. The molecule has 0 spiro atoms. The number of furan rings is 1. The van der Waals surface area contributed by atoms with E-state index in [1.807, 2.05) is 24.3 Å². The molecule has 170 valence electrons. The summed E-state index contributed by atoms with van der Waals surface area (Å²) in [5, 5.41) is 7.59. The van der Waals surface area contributed by atoms with E-state index >= 15 is 0 Å². The minimum atomic E-state index is -0.417. The van der Waals surface area contributed by atoms with Crippen LogP contribution in [0.15, 0.2) is 63.5 Å². The third-order valence-electron chi connectivity index (χ3n) is 5.07. The van der Waals surface area contributed by atoms with Crippen LogP contribution in [0, 0.1) is 19.7 Å². The first-order chi connectivity index (χ1) is 15.8. The molecular weight excluding hydrogens is 513 g/mol. The van der Waals surface area contributed by atoms with E-state index in [1.54, 1.807) is 42.8 Å². The third kappa shape index (κ3) is 5.29. The Hall–Kier alpha value is -3.10. The van der Waals surface area contributed by atoms with Gasteiger partial charge in [0.25, 0.3) is 5.91 Å². The van der Waals surface area contributed by atoms with Gasteiger partial charge in [0, 0.05) is 15.1 Å². The number of nitrogens with one attached hydrogen (secondary N) is 1. The molecule has 2 aromatic carbocycles. The van der Waals surface area contributed by atoms with Crippen molar-refractivity contribution in [2.24, 2.45) is 0 Å². The molecule has 0 bridgehead atoms. The molecule has 0 saturated heterocycles. The average Bonchev–Trinajstić information content (AvgIpc) is 3.36. The van der Waals surface area contributed by atoms with Crippen molar-refractivity contribution in [3.8, 4) is 5.75 Å². The van der Waals surface area contributed by atoms with Crippen LogP contribution in [0.1, 0.15) is 33.3 Å². The molecule has 6 nitrogen and oxygen atoms in total. The number of rotatable bonds is 7. The van der Waals surface area contributed by atoms with Gasteiger partial charge in [-0.2, -0.15) is 5.10 Å². The van der Waals surface area contributed by atoms with E-state index < -0.39 is 11.7 Å². The predicted molar refractivity (Wildman–Crippen MR) is 127 cm³/mol. The van der Waals surface area contributed by atoms with Crippen molar-refractivity contribution in [3.05, 3.63) is 98.4 Å². The number of aromatic nitrogens is 2. The van der Waals surface area contributed by atoms with Crippen LogP contribution in [-0.4, -0.2) is 15.7 Å². The van der Waals surface area contributed by atoms with Crippen LogP contribution in [-0.2, 0) is 13.2 Å². The summed E-state index contributed by atoms with van der Waals surface area (Å²) in [6, 6.07) is 15.2. The Bertz CT molecular complexity index is 1280. The molecule has 0 aliphatic rings. The van der Waals surface area contributed by atoms with Crippen molar-refractivity contribution < 1.29 is 18.3 Å². The molecule has 9 heteroatoms. The van der Waals surface area contributed by atoms with E-state index in [-0.39, 0.29) is 18.9 Å². The van der Waals surface area contributed by atoms with Gasteiger partial charge in [-0.15, -0.1) is 0 Å². The SMILES string of the molecule is Cc1nn(Cc2c(F)cccc2Cl)c(C)c1NC(=O)c1ccc(COc2ccc(Br)cc2)o1. The summed E-state index contributed by atoms with van der Waals surface area (Å²) in [5.41, 5.74) is 2.14. The first-order valence-corrected chi connectivity index (χ1v) is 11.2. The molecule has 2 aromatic heterocycles. The number of amides is 1. The van der Waals surface area contributed by atoms with E-state index in [9.17, 15) is 9.18 Å². The molecular formula is C24H20BrClFN3O3. The van der Waals surface area contributed by atoms with Crippen LogP contribution in [0.4, 0.5) is 10.1 Å². The molecule has 4 aromatic rings. The number of anilines is 1. The molecule has 33 heavy (non-hydrogen) atoms. The van der Waals surface area contributed by atoms with Gasteiger partial charge in [0.2, 0.25) is 0 Å². The zero-order valence-electron chi connectivity index (χ0n) is 17.9. The van der Waals surface area contributed by atoms with E-state index in [0.717, 1.165) is 4.47 Å². The number of benzene rings is 2. The second-order valence-corrected chi connectivity index (χ2v) is 8.69. The van der Waals surface area contributed by atoms with Crippen LogP contribution in [0.2, 0.25) is 5.02 Å². The lowest BCUT2D eigenvalue weighted by molar-refractivity contribution is 0.0992. The first-order valence-electron chi connectivity index (χ1n) is 10.1. The van der Waals surface area contributed by atoms with Crippen molar-refractivity contribution in [2.45, 2.75) is 27.0 Å². The molecule has 1 amide bonds. The molecule has 0 aliphatic carbocycles. The topological polar surface area (TPSA) is 69.3 Å². The van der Waals surface area contributed by atoms with E-state index in [1.165, 1.54) is 6.07 Å². The van der Waals surface area contributed by atoms with Crippen molar-refractivity contribution in [1.82, 2.24) is 9.78 Å². The number of hydrogen-bond donors (Lipinski definition) is 1. The molecule has 0 aliphatic heterocycles. The third-order valence-corrected chi connectivity index (χ3v) is 5.95. The Morgan fingerprint density at radius 3 is 2.67 bits per heavy atom. The summed E-state index contributed by atoms with van der Waals surface area (Å²) in [7, 11) is 0. The molecule has 0 unspecified atom stereocenters. The van der Waals surface area contributed by atoms with Gasteiger partial charge in [-0.1, -0.05) is 33.6 Å². The van der Waals surface area contributed by atoms with Crippen molar-refractivity contribution >= 4 is 39.1 Å². The summed E-state index contributed by atoms with van der Waals surface area (Å²) in [6.07, 6.45) is 0. The minimum Gasteiger partial charge on any atom is -0.486 e. The highest BCUT2D eigenvalue weighted by Gasteiger charge is 2.19. The lowest BCUT2D eigenvalue weighted by atomic mass is 10.2. The number of ether oxygens (including phenoxy) is 1. The maximum absolute atomic E-state index is 14.2. The minimum absolute atomic E-state index is 0.145.